The van der Waals surface area contributed by atoms with E-state index in [0.717, 1.165) is 31.8 Å². The number of nitrogens with zero attached hydrogens (tertiary/aromatic N) is 1. The van der Waals surface area contributed by atoms with E-state index in [1.807, 2.05) is 0 Å². The van der Waals surface area contributed by atoms with Crippen LogP contribution in [0.1, 0.15) is 30.1 Å². The third kappa shape index (κ3) is 4.56. The molecule has 1 saturated heterocycles. The van der Waals surface area contributed by atoms with E-state index in [4.69, 9.17) is 0 Å². The second-order valence-electron chi connectivity index (χ2n) is 5.67. The molecule has 0 aromatic heterocycles. The highest BCUT2D eigenvalue weighted by Gasteiger charge is 2.18. The first-order valence-electron chi connectivity index (χ1n) is 7.43. The maximum atomic E-state index is 12.1. The van der Waals surface area contributed by atoms with Gasteiger partial charge in [0.15, 0.2) is 0 Å². The Bertz CT molecular complexity index is 508. The Morgan fingerprint density at radius 2 is 2.00 bits per heavy atom. The normalized spacial score (nSPS) is 16.5. The monoisotopic (exact) mass is 289 g/mol. The van der Waals surface area contributed by atoms with Crippen LogP contribution in [0.25, 0.3) is 0 Å². The largest absolute Gasteiger partial charge is 0.355 e. The molecule has 0 radical (unpaired) electrons. The number of benzene rings is 1. The van der Waals surface area contributed by atoms with Crippen LogP contribution in [0.3, 0.4) is 0 Å². The Labute approximate surface area is 125 Å². The number of rotatable bonds is 4. The van der Waals surface area contributed by atoms with Gasteiger partial charge >= 0.3 is 0 Å². The summed E-state index contributed by atoms with van der Waals surface area (Å²) >= 11 is 0. The van der Waals surface area contributed by atoms with E-state index in [0.29, 0.717) is 17.8 Å². The first-order valence-corrected chi connectivity index (χ1v) is 7.43. The van der Waals surface area contributed by atoms with Crippen LogP contribution in [-0.4, -0.2) is 43.4 Å². The van der Waals surface area contributed by atoms with E-state index in [9.17, 15) is 9.59 Å². The van der Waals surface area contributed by atoms with Crippen LogP contribution in [0.5, 0.6) is 0 Å². The van der Waals surface area contributed by atoms with Gasteiger partial charge in [-0.3, -0.25) is 14.5 Å². The minimum Gasteiger partial charge on any atom is -0.355 e. The van der Waals surface area contributed by atoms with E-state index in [1.54, 1.807) is 31.3 Å². The van der Waals surface area contributed by atoms with E-state index in [1.165, 1.54) is 0 Å². The smallest absolute Gasteiger partial charge is 0.251 e. The molecule has 21 heavy (non-hydrogen) atoms. The van der Waals surface area contributed by atoms with Gasteiger partial charge in [0, 0.05) is 18.3 Å². The topological polar surface area (TPSA) is 61.4 Å². The lowest BCUT2D eigenvalue weighted by molar-refractivity contribution is -0.117. The van der Waals surface area contributed by atoms with Crippen LogP contribution < -0.4 is 10.6 Å². The third-order valence-electron chi connectivity index (χ3n) is 3.88. The van der Waals surface area contributed by atoms with Crippen molar-refractivity contribution >= 4 is 17.5 Å². The number of likely N-dealkylation sites (tertiary alicyclic amines) is 1. The average molecular weight is 289 g/mol. The molecule has 5 heteroatoms. The molecule has 0 bridgehead atoms. The highest BCUT2D eigenvalue weighted by molar-refractivity contribution is 5.97. The second-order valence-corrected chi connectivity index (χ2v) is 5.67. The van der Waals surface area contributed by atoms with Crippen molar-refractivity contribution in [2.24, 2.45) is 5.92 Å². The van der Waals surface area contributed by atoms with Crippen molar-refractivity contribution in [3.8, 4) is 0 Å². The Morgan fingerprint density at radius 3 is 2.67 bits per heavy atom. The van der Waals surface area contributed by atoms with Crippen molar-refractivity contribution in [2.75, 3.05) is 32.0 Å². The highest BCUT2D eigenvalue weighted by Crippen LogP contribution is 2.16. The fourth-order valence-corrected chi connectivity index (χ4v) is 2.51. The molecule has 1 aliphatic rings. The third-order valence-corrected chi connectivity index (χ3v) is 3.88. The lowest BCUT2D eigenvalue weighted by Crippen LogP contribution is -2.38. The average Bonchev–Trinajstić information content (AvgIpc) is 2.49. The molecule has 114 valence electrons. The van der Waals surface area contributed by atoms with E-state index in [-0.39, 0.29) is 11.8 Å². The summed E-state index contributed by atoms with van der Waals surface area (Å²) in [4.78, 5) is 25.8. The molecule has 0 saturated carbocycles. The molecule has 0 spiro atoms. The summed E-state index contributed by atoms with van der Waals surface area (Å²) in [7, 11) is 1.59. The first-order chi connectivity index (χ1) is 10.1. The summed E-state index contributed by atoms with van der Waals surface area (Å²) in [5.74, 6) is 0.572. The van der Waals surface area contributed by atoms with Crippen molar-refractivity contribution in [3.05, 3.63) is 29.8 Å². The van der Waals surface area contributed by atoms with Gasteiger partial charge in [0.05, 0.1) is 6.54 Å². The van der Waals surface area contributed by atoms with Gasteiger partial charge in [-0.1, -0.05) is 13.0 Å². The maximum absolute atomic E-state index is 12.1. The number of piperidine rings is 1. The van der Waals surface area contributed by atoms with Crippen molar-refractivity contribution < 1.29 is 9.59 Å². The molecule has 1 heterocycles. The molecular weight excluding hydrogens is 266 g/mol. The van der Waals surface area contributed by atoms with Gasteiger partial charge in [-0.05, 0) is 50.0 Å². The van der Waals surface area contributed by atoms with Crippen molar-refractivity contribution in [3.63, 3.8) is 0 Å². The van der Waals surface area contributed by atoms with E-state index < -0.39 is 0 Å². The number of hydrogen-bond acceptors (Lipinski definition) is 3. The van der Waals surface area contributed by atoms with Crippen LogP contribution in [0.2, 0.25) is 0 Å². The van der Waals surface area contributed by atoms with Gasteiger partial charge < -0.3 is 10.6 Å². The Morgan fingerprint density at radius 1 is 1.29 bits per heavy atom. The van der Waals surface area contributed by atoms with Gasteiger partial charge in [0.2, 0.25) is 5.91 Å². The Kier molecular flexibility index (Phi) is 5.33. The molecule has 0 unspecified atom stereocenters. The van der Waals surface area contributed by atoms with Crippen LogP contribution in [0.15, 0.2) is 24.3 Å². The lowest BCUT2D eigenvalue weighted by Gasteiger charge is -2.29. The van der Waals surface area contributed by atoms with Gasteiger partial charge in [-0.15, -0.1) is 0 Å². The van der Waals surface area contributed by atoms with Crippen LogP contribution in [-0.2, 0) is 4.79 Å². The van der Waals surface area contributed by atoms with Gasteiger partial charge in [0.1, 0.15) is 0 Å². The van der Waals surface area contributed by atoms with Crippen LogP contribution in [0, 0.1) is 5.92 Å². The van der Waals surface area contributed by atoms with Gasteiger partial charge in [-0.2, -0.15) is 0 Å². The number of hydrogen-bond donors (Lipinski definition) is 2. The first kappa shape index (κ1) is 15.5. The zero-order valence-corrected chi connectivity index (χ0v) is 12.7. The SMILES string of the molecule is CNC(=O)c1cccc(NC(=O)CN2CCC(C)CC2)c1. The summed E-state index contributed by atoms with van der Waals surface area (Å²) in [5, 5.41) is 5.43. The molecule has 1 fully saturated rings. The minimum absolute atomic E-state index is 0.0291. The second kappa shape index (κ2) is 7.22. The van der Waals surface area contributed by atoms with Crippen molar-refractivity contribution in [1.82, 2.24) is 10.2 Å². The summed E-state index contributed by atoms with van der Waals surface area (Å²) in [6, 6.07) is 6.97. The highest BCUT2D eigenvalue weighted by atomic mass is 16.2. The summed E-state index contributed by atoms with van der Waals surface area (Å²) in [5.41, 5.74) is 1.20. The number of nitrogens with one attached hydrogen (secondary N) is 2. The summed E-state index contributed by atoms with van der Waals surface area (Å²) in [6.45, 7) is 4.62. The number of amides is 2. The lowest BCUT2D eigenvalue weighted by atomic mass is 9.99. The molecule has 1 aromatic carbocycles. The maximum Gasteiger partial charge on any atom is 0.251 e. The predicted molar refractivity (Wildman–Crippen MR) is 83.3 cm³/mol. The fraction of sp³-hybridized carbons (Fsp3) is 0.500. The van der Waals surface area contributed by atoms with Crippen LogP contribution in [0.4, 0.5) is 5.69 Å². The zero-order chi connectivity index (χ0) is 15.2. The van der Waals surface area contributed by atoms with Crippen molar-refractivity contribution in [2.45, 2.75) is 19.8 Å². The zero-order valence-electron chi connectivity index (χ0n) is 12.7. The molecule has 1 aliphatic heterocycles. The molecule has 1 aromatic rings. The minimum atomic E-state index is -0.156. The molecule has 2 rings (SSSR count). The molecule has 5 nitrogen and oxygen atoms in total. The number of anilines is 1. The van der Waals surface area contributed by atoms with Crippen molar-refractivity contribution in [1.29, 1.82) is 0 Å². The summed E-state index contributed by atoms with van der Waals surface area (Å²) < 4.78 is 0. The standard InChI is InChI=1S/C16H23N3O2/c1-12-6-8-19(9-7-12)11-15(20)18-14-5-3-4-13(10-14)16(21)17-2/h3-5,10,12H,6-9,11H2,1-2H3,(H,17,21)(H,18,20). The van der Waals surface area contributed by atoms with Gasteiger partial charge in [0.25, 0.3) is 5.91 Å². The number of carbonyl (C=O) groups excluding carboxylic acids is 2. The number of carbonyl (C=O) groups is 2. The Hall–Kier alpha value is -1.88. The van der Waals surface area contributed by atoms with Gasteiger partial charge in [-0.25, -0.2) is 0 Å². The quantitative estimate of drug-likeness (QED) is 0.887. The molecule has 0 atom stereocenters. The molecule has 2 N–H and O–H groups in total. The Balaban J connectivity index is 1.89. The van der Waals surface area contributed by atoms with E-state index in [2.05, 4.69) is 22.5 Å². The van der Waals surface area contributed by atoms with E-state index >= 15 is 0 Å². The molecule has 2 amide bonds. The molecule has 0 aliphatic carbocycles. The predicted octanol–water partition coefficient (Wildman–Crippen LogP) is 1.72. The fourth-order valence-electron chi connectivity index (χ4n) is 2.51. The molecular formula is C16H23N3O2. The summed E-state index contributed by atoms with van der Waals surface area (Å²) in [6.07, 6.45) is 2.30. The van der Waals surface area contributed by atoms with Crippen LogP contribution >= 0.6 is 0 Å².